The second kappa shape index (κ2) is 4.92. The smallest absolute Gasteiger partial charge is 0.395 e. The molecule has 1 aliphatic rings. The zero-order chi connectivity index (χ0) is 16.9. The molecule has 1 aliphatic heterocycles. The summed E-state index contributed by atoms with van der Waals surface area (Å²) in [5, 5.41) is 2.64. The van der Waals surface area contributed by atoms with Gasteiger partial charge in [-0.15, -0.1) is 8.78 Å². The highest BCUT2D eigenvalue weighted by atomic mass is 19.3. The van der Waals surface area contributed by atoms with E-state index in [-0.39, 0.29) is 23.4 Å². The average molecular weight is 331 g/mol. The molecule has 0 aliphatic carbocycles. The molecule has 2 aromatic carbocycles. The summed E-state index contributed by atoms with van der Waals surface area (Å²) in [6, 6.07) is 9.80. The molecule has 122 valence electrons. The number of ether oxygens (including phenoxy) is 2. The summed E-state index contributed by atoms with van der Waals surface area (Å²) in [5.41, 5.74) is 2.16. The van der Waals surface area contributed by atoms with E-state index in [4.69, 9.17) is 0 Å². The molecule has 0 saturated heterocycles. The number of hydrogen-bond acceptors (Lipinski definition) is 4. The largest absolute Gasteiger partial charge is 0.586 e. The first kappa shape index (κ1) is 14.4. The molecule has 0 radical (unpaired) electrons. The molecule has 0 atom stereocenters. The van der Waals surface area contributed by atoms with Crippen LogP contribution in [0.4, 0.5) is 14.7 Å². The van der Waals surface area contributed by atoms with Gasteiger partial charge in [0.25, 0.3) is 5.91 Å². The van der Waals surface area contributed by atoms with Crippen LogP contribution in [0.15, 0.2) is 36.4 Å². The van der Waals surface area contributed by atoms with E-state index in [9.17, 15) is 13.6 Å². The van der Waals surface area contributed by atoms with E-state index in [2.05, 4.69) is 24.8 Å². The number of hydrogen-bond donors (Lipinski definition) is 2. The molecule has 3 aromatic rings. The minimum Gasteiger partial charge on any atom is -0.395 e. The van der Waals surface area contributed by atoms with E-state index in [0.717, 1.165) is 5.56 Å². The van der Waals surface area contributed by atoms with Crippen molar-refractivity contribution in [1.82, 2.24) is 9.97 Å². The summed E-state index contributed by atoms with van der Waals surface area (Å²) in [4.78, 5) is 19.3. The zero-order valence-corrected chi connectivity index (χ0v) is 12.4. The number of fused-ring (bicyclic) bond motifs is 2. The molecule has 0 spiro atoms. The highest BCUT2D eigenvalue weighted by Crippen LogP contribution is 2.42. The Kier molecular flexibility index (Phi) is 2.96. The van der Waals surface area contributed by atoms with Crippen LogP contribution in [0, 0.1) is 6.92 Å². The molecule has 8 heteroatoms. The van der Waals surface area contributed by atoms with Gasteiger partial charge in [0.05, 0.1) is 11.0 Å². The monoisotopic (exact) mass is 331 g/mol. The molecule has 6 nitrogen and oxygen atoms in total. The number of rotatable bonds is 2. The van der Waals surface area contributed by atoms with Gasteiger partial charge in [-0.05, 0) is 18.6 Å². The topological polar surface area (TPSA) is 76.2 Å². The van der Waals surface area contributed by atoms with Crippen molar-refractivity contribution in [2.24, 2.45) is 0 Å². The molecule has 1 amide bonds. The van der Waals surface area contributed by atoms with Crippen LogP contribution in [0.25, 0.3) is 11.0 Å². The maximum atomic E-state index is 13.0. The van der Waals surface area contributed by atoms with Crippen LogP contribution in [-0.4, -0.2) is 22.2 Å². The van der Waals surface area contributed by atoms with Gasteiger partial charge in [0.2, 0.25) is 5.95 Å². The summed E-state index contributed by atoms with van der Waals surface area (Å²) in [7, 11) is 0. The number of H-pyrrole nitrogens is 1. The van der Waals surface area contributed by atoms with Crippen LogP contribution in [0.3, 0.4) is 0 Å². The van der Waals surface area contributed by atoms with Crippen LogP contribution in [-0.2, 0) is 0 Å². The zero-order valence-electron chi connectivity index (χ0n) is 12.4. The number of halogens is 2. The van der Waals surface area contributed by atoms with E-state index in [1.165, 1.54) is 12.1 Å². The molecule has 0 unspecified atom stereocenters. The van der Waals surface area contributed by atoms with E-state index in [1.54, 1.807) is 12.1 Å². The number of aryl methyl sites for hydroxylation is 1. The number of benzene rings is 2. The first-order chi connectivity index (χ1) is 11.4. The van der Waals surface area contributed by atoms with E-state index >= 15 is 0 Å². The molecule has 4 rings (SSSR count). The number of carbonyl (C=O) groups is 1. The number of anilines is 1. The van der Waals surface area contributed by atoms with Crippen molar-refractivity contribution in [3.63, 3.8) is 0 Å². The molecule has 0 saturated carbocycles. The fourth-order valence-electron chi connectivity index (χ4n) is 2.52. The van der Waals surface area contributed by atoms with Crippen molar-refractivity contribution in [2.75, 3.05) is 5.32 Å². The number of carbonyl (C=O) groups excluding carboxylic acids is 1. The summed E-state index contributed by atoms with van der Waals surface area (Å²) >= 11 is 0. The highest BCUT2D eigenvalue weighted by Gasteiger charge is 2.43. The lowest BCUT2D eigenvalue weighted by Gasteiger charge is -2.04. The summed E-state index contributed by atoms with van der Waals surface area (Å²) in [5.74, 6) is -0.309. The van der Waals surface area contributed by atoms with Crippen molar-refractivity contribution in [2.45, 2.75) is 13.2 Å². The minimum absolute atomic E-state index is 0.0899. The Hall–Kier alpha value is -3.16. The maximum absolute atomic E-state index is 13.0. The lowest BCUT2D eigenvalue weighted by atomic mass is 10.1. The molecule has 2 heterocycles. The van der Waals surface area contributed by atoms with Gasteiger partial charge in [0.15, 0.2) is 11.5 Å². The van der Waals surface area contributed by atoms with Crippen molar-refractivity contribution in [3.8, 4) is 11.5 Å². The molecule has 0 bridgehead atoms. The van der Waals surface area contributed by atoms with Crippen molar-refractivity contribution >= 4 is 22.9 Å². The van der Waals surface area contributed by atoms with Gasteiger partial charge in [-0.1, -0.05) is 18.2 Å². The first-order valence-corrected chi connectivity index (χ1v) is 7.08. The standard InChI is InChI=1S/C16H11F2N3O3/c1-8-4-2-3-5-9(8)14(22)21-15-19-10-6-12-13(7-11(10)20-15)24-16(17,18)23-12/h2-7H,1H3,(H2,19,20,21,22). The second-order valence-electron chi connectivity index (χ2n) is 5.34. The van der Waals surface area contributed by atoms with Crippen LogP contribution >= 0.6 is 0 Å². The number of imidazole rings is 1. The van der Waals surface area contributed by atoms with Crippen molar-refractivity contribution in [3.05, 3.63) is 47.5 Å². The Morgan fingerprint density at radius 3 is 2.67 bits per heavy atom. The van der Waals surface area contributed by atoms with Crippen LogP contribution in [0.2, 0.25) is 0 Å². The van der Waals surface area contributed by atoms with Crippen LogP contribution < -0.4 is 14.8 Å². The fraction of sp³-hybridized carbons (Fsp3) is 0.125. The van der Waals surface area contributed by atoms with Gasteiger partial charge in [-0.3, -0.25) is 10.1 Å². The van der Waals surface area contributed by atoms with Gasteiger partial charge < -0.3 is 14.5 Å². The summed E-state index contributed by atoms with van der Waals surface area (Å²) in [6.45, 7) is 1.83. The maximum Gasteiger partial charge on any atom is 0.586 e. The molecule has 2 N–H and O–H groups in total. The molecule has 1 aromatic heterocycles. The Morgan fingerprint density at radius 1 is 1.21 bits per heavy atom. The number of nitrogens with zero attached hydrogens (tertiary/aromatic N) is 1. The molecule has 0 fully saturated rings. The Morgan fingerprint density at radius 2 is 1.92 bits per heavy atom. The number of nitrogens with one attached hydrogen (secondary N) is 2. The summed E-state index contributed by atoms with van der Waals surface area (Å²) < 4.78 is 34.8. The van der Waals surface area contributed by atoms with Crippen LogP contribution in [0.5, 0.6) is 11.5 Å². The predicted octanol–water partition coefficient (Wildman–Crippen LogP) is 3.45. The van der Waals surface area contributed by atoms with Gasteiger partial charge in [-0.2, -0.15) is 0 Å². The van der Waals surface area contributed by atoms with E-state index in [0.29, 0.717) is 16.6 Å². The quantitative estimate of drug-likeness (QED) is 0.754. The third kappa shape index (κ3) is 2.41. The minimum atomic E-state index is -3.68. The van der Waals surface area contributed by atoms with Gasteiger partial charge in [-0.25, -0.2) is 4.98 Å². The Labute approximate surface area is 134 Å². The predicted molar refractivity (Wildman–Crippen MR) is 81.4 cm³/mol. The average Bonchev–Trinajstić information content (AvgIpc) is 3.01. The highest BCUT2D eigenvalue weighted by molar-refractivity contribution is 6.05. The van der Waals surface area contributed by atoms with E-state index < -0.39 is 6.29 Å². The first-order valence-electron chi connectivity index (χ1n) is 7.08. The van der Waals surface area contributed by atoms with Gasteiger partial charge in [0.1, 0.15) is 0 Å². The molecular formula is C16H11F2N3O3. The summed E-state index contributed by atoms with van der Waals surface area (Å²) in [6.07, 6.45) is -3.68. The van der Waals surface area contributed by atoms with Crippen LogP contribution in [0.1, 0.15) is 15.9 Å². The lowest BCUT2D eigenvalue weighted by Crippen LogP contribution is -2.25. The normalized spacial score (nSPS) is 14.8. The molecular weight excluding hydrogens is 320 g/mol. The molecule has 24 heavy (non-hydrogen) atoms. The third-order valence-electron chi connectivity index (χ3n) is 3.63. The van der Waals surface area contributed by atoms with Crippen molar-refractivity contribution in [1.29, 1.82) is 0 Å². The van der Waals surface area contributed by atoms with Gasteiger partial charge >= 0.3 is 6.29 Å². The Bertz CT molecular complexity index is 923. The van der Waals surface area contributed by atoms with E-state index in [1.807, 2.05) is 19.1 Å². The van der Waals surface area contributed by atoms with Crippen molar-refractivity contribution < 1.29 is 23.0 Å². The fourth-order valence-corrected chi connectivity index (χ4v) is 2.52. The number of aromatic nitrogens is 2. The number of aromatic amines is 1. The Balaban J connectivity index is 1.63. The SMILES string of the molecule is Cc1ccccc1C(=O)Nc1nc2cc3c(cc2[nH]1)OC(F)(F)O3. The third-order valence-corrected chi connectivity index (χ3v) is 3.63. The number of amides is 1. The lowest BCUT2D eigenvalue weighted by molar-refractivity contribution is -0.286. The number of alkyl halides is 2. The second-order valence-corrected chi connectivity index (χ2v) is 5.34. The van der Waals surface area contributed by atoms with Gasteiger partial charge in [0, 0.05) is 17.7 Å².